The largest absolute Gasteiger partial charge is 0.468 e. The lowest BCUT2D eigenvalue weighted by Gasteiger charge is -2.49. The Labute approximate surface area is 108 Å². The lowest BCUT2D eigenvalue weighted by molar-refractivity contribution is -0.150. The molecule has 0 aliphatic carbocycles. The normalized spacial score (nSPS) is 29.9. The summed E-state index contributed by atoms with van der Waals surface area (Å²) in [4.78, 5) is 36.3. The van der Waals surface area contributed by atoms with Crippen LogP contribution in [0.3, 0.4) is 0 Å². The number of ether oxygens (including phenoxy) is 2. The predicted octanol–water partition coefficient (Wildman–Crippen LogP) is -0.905. The molecule has 2 fully saturated rings. The van der Waals surface area contributed by atoms with E-state index in [1.165, 1.54) is 19.1 Å². The third-order valence-electron chi connectivity index (χ3n) is 3.15. The zero-order chi connectivity index (χ0) is 13.4. The van der Waals surface area contributed by atoms with E-state index in [-0.39, 0.29) is 12.5 Å². The molecule has 0 spiro atoms. The fourth-order valence-corrected chi connectivity index (χ4v) is 2.64. The Morgan fingerprint density at radius 3 is 2.56 bits per heavy atom. The van der Waals surface area contributed by atoms with E-state index in [0.29, 0.717) is 4.86 Å². The summed E-state index contributed by atoms with van der Waals surface area (Å²) in [6.45, 7) is 0.0381. The van der Waals surface area contributed by atoms with Gasteiger partial charge in [-0.05, 0) is 0 Å². The summed E-state index contributed by atoms with van der Waals surface area (Å²) in [5.41, 5.74) is 0. The molecule has 0 aromatic carbocycles. The minimum atomic E-state index is -0.715. The second-order valence-electron chi connectivity index (χ2n) is 4.04. The fourth-order valence-electron chi connectivity index (χ4n) is 2.26. The van der Waals surface area contributed by atoms with Gasteiger partial charge in [-0.15, -0.1) is 0 Å². The van der Waals surface area contributed by atoms with Gasteiger partial charge in [0.15, 0.2) is 0 Å². The van der Waals surface area contributed by atoms with Crippen LogP contribution in [-0.4, -0.2) is 60.6 Å². The topological polar surface area (TPSA) is 84.9 Å². The molecule has 8 heteroatoms. The highest BCUT2D eigenvalue weighted by molar-refractivity contribution is 7.80. The Morgan fingerprint density at radius 2 is 2.06 bits per heavy atom. The first-order valence-corrected chi connectivity index (χ1v) is 5.67. The van der Waals surface area contributed by atoms with E-state index < -0.39 is 30.1 Å². The molecule has 98 valence electrons. The molecule has 0 unspecified atom stereocenters. The van der Waals surface area contributed by atoms with Crippen molar-refractivity contribution in [1.82, 2.24) is 10.2 Å². The molecule has 0 radical (unpaired) electrons. The Morgan fingerprint density at radius 1 is 1.39 bits per heavy atom. The van der Waals surface area contributed by atoms with Gasteiger partial charge < -0.3 is 14.8 Å². The molecular formula is C10H12N2O5S. The van der Waals surface area contributed by atoms with Gasteiger partial charge in [-0.3, -0.25) is 14.5 Å². The number of piperidine rings is 1. The predicted molar refractivity (Wildman–Crippen MR) is 62.9 cm³/mol. The second kappa shape index (κ2) is 4.52. The van der Waals surface area contributed by atoms with Gasteiger partial charge in [0, 0.05) is 4.86 Å². The Balaban J connectivity index is 2.25. The minimum Gasteiger partial charge on any atom is -0.468 e. The first kappa shape index (κ1) is 12.7. The van der Waals surface area contributed by atoms with Crippen LogP contribution in [0.5, 0.6) is 0 Å². The number of methoxy groups -OCH3 is 2. The standard InChI is InChI=1S/C10H12N2O5S/c1-16-9(14)5-4(18)3-12(10(15)17-2)7-6(5)11-8(7)13/h5-7H,3H2,1-2H3,(H,11,13)/t5-,6+,7+/m1/s1. The number of likely N-dealkylation sites (tertiary alicyclic amines) is 1. The minimum absolute atomic E-state index is 0.0381. The van der Waals surface area contributed by atoms with Crippen molar-refractivity contribution in [2.24, 2.45) is 5.92 Å². The molecule has 2 aliphatic heterocycles. The lowest BCUT2D eigenvalue weighted by atomic mass is 9.79. The molecule has 2 rings (SSSR count). The molecule has 2 amide bonds. The fraction of sp³-hybridized carbons (Fsp3) is 0.600. The van der Waals surface area contributed by atoms with E-state index in [4.69, 9.17) is 12.2 Å². The summed E-state index contributed by atoms with van der Waals surface area (Å²) in [5, 5.41) is 2.57. The van der Waals surface area contributed by atoms with Gasteiger partial charge in [0.25, 0.3) is 0 Å². The number of thiocarbonyl (C=S) groups is 1. The molecule has 0 bridgehead atoms. The molecule has 0 aromatic rings. The van der Waals surface area contributed by atoms with Gasteiger partial charge in [-0.25, -0.2) is 4.79 Å². The number of nitrogens with zero attached hydrogens (tertiary/aromatic N) is 1. The molecule has 0 aromatic heterocycles. The van der Waals surface area contributed by atoms with Crippen LogP contribution < -0.4 is 5.32 Å². The van der Waals surface area contributed by atoms with E-state index >= 15 is 0 Å². The molecule has 2 saturated heterocycles. The van der Waals surface area contributed by atoms with E-state index in [1.807, 2.05) is 0 Å². The first-order valence-electron chi connectivity index (χ1n) is 5.26. The SMILES string of the molecule is COC(=O)[C@@H]1C(=S)CN(C(=O)OC)[C@@H]2C(=O)N[C@@H]12. The zero-order valence-corrected chi connectivity index (χ0v) is 10.7. The van der Waals surface area contributed by atoms with Crippen LogP contribution in [0.1, 0.15) is 0 Å². The number of carbonyl (C=O) groups is 3. The number of β-lactam (4-membered cyclic amide) rings is 1. The molecule has 2 aliphatic rings. The van der Waals surface area contributed by atoms with Crippen LogP contribution >= 0.6 is 12.2 Å². The maximum atomic E-state index is 11.6. The first-order chi connectivity index (χ1) is 8.51. The van der Waals surface area contributed by atoms with Gasteiger partial charge in [-0.2, -0.15) is 0 Å². The van der Waals surface area contributed by atoms with Crippen molar-refractivity contribution in [3.8, 4) is 0 Å². The number of nitrogens with one attached hydrogen (secondary N) is 1. The number of carbonyl (C=O) groups excluding carboxylic acids is 3. The van der Waals surface area contributed by atoms with Crippen molar-refractivity contribution in [2.75, 3.05) is 20.8 Å². The highest BCUT2D eigenvalue weighted by Crippen LogP contribution is 2.29. The molecule has 18 heavy (non-hydrogen) atoms. The van der Waals surface area contributed by atoms with Crippen molar-refractivity contribution in [1.29, 1.82) is 0 Å². The highest BCUT2D eigenvalue weighted by atomic mass is 32.1. The van der Waals surface area contributed by atoms with Gasteiger partial charge in [0.1, 0.15) is 12.0 Å². The maximum Gasteiger partial charge on any atom is 0.410 e. The van der Waals surface area contributed by atoms with E-state index in [0.717, 1.165) is 0 Å². The summed E-state index contributed by atoms with van der Waals surface area (Å²) in [7, 11) is 2.48. The molecule has 2 heterocycles. The maximum absolute atomic E-state index is 11.6. The average Bonchev–Trinajstić information content (AvgIpc) is 2.35. The van der Waals surface area contributed by atoms with Gasteiger partial charge in [0.2, 0.25) is 5.91 Å². The monoisotopic (exact) mass is 272 g/mol. The summed E-state index contributed by atoms with van der Waals surface area (Å²) in [6.07, 6.45) is -0.634. The molecule has 1 N–H and O–H groups in total. The number of amides is 2. The van der Waals surface area contributed by atoms with Crippen LogP contribution in [0.4, 0.5) is 4.79 Å². The van der Waals surface area contributed by atoms with Crippen LogP contribution in [-0.2, 0) is 19.1 Å². The Kier molecular flexibility index (Phi) is 3.20. The average molecular weight is 272 g/mol. The van der Waals surface area contributed by atoms with E-state index in [1.54, 1.807) is 0 Å². The third kappa shape index (κ3) is 1.72. The number of rotatable bonds is 1. The number of hydrogen-bond donors (Lipinski definition) is 1. The van der Waals surface area contributed by atoms with Crippen LogP contribution in [0, 0.1) is 5.92 Å². The van der Waals surface area contributed by atoms with Crippen molar-refractivity contribution >= 4 is 35.1 Å². The summed E-state index contributed by atoms with van der Waals surface area (Å²) in [5.74, 6) is -1.50. The Hall–Kier alpha value is -1.70. The third-order valence-corrected chi connectivity index (χ3v) is 3.53. The summed E-state index contributed by atoms with van der Waals surface area (Å²) >= 11 is 5.11. The van der Waals surface area contributed by atoms with Crippen molar-refractivity contribution in [3.63, 3.8) is 0 Å². The number of hydrogen-bond acceptors (Lipinski definition) is 6. The van der Waals surface area contributed by atoms with Crippen LogP contribution in [0.25, 0.3) is 0 Å². The Bertz CT molecular complexity index is 438. The van der Waals surface area contributed by atoms with Crippen LogP contribution in [0.2, 0.25) is 0 Å². The number of fused-ring (bicyclic) bond motifs is 1. The quantitative estimate of drug-likeness (QED) is 0.378. The van der Waals surface area contributed by atoms with Crippen molar-refractivity contribution in [3.05, 3.63) is 0 Å². The highest BCUT2D eigenvalue weighted by Gasteiger charge is 2.56. The summed E-state index contributed by atoms with van der Waals surface area (Å²) < 4.78 is 9.25. The van der Waals surface area contributed by atoms with Gasteiger partial charge >= 0.3 is 12.1 Å². The summed E-state index contributed by atoms with van der Waals surface area (Å²) in [6, 6.07) is -1.24. The molecule has 0 saturated carbocycles. The van der Waals surface area contributed by atoms with Crippen LogP contribution in [0.15, 0.2) is 0 Å². The van der Waals surface area contributed by atoms with E-state index in [9.17, 15) is 14.4 Å². The second-order valence-corrected chi connectivity index (χ2v) is 4.57. The zero-order valence-electron chi connectivity index (χ0n) is 9.84. The molecular weight excluding hydrogens is 260 g/mol. The van der Waals surface area contributed by atoms with Gasteiger partial charge in [0.05, 0.1) is 26.8 Å². The lowest BCUT2D eigenvalue weighted by Crippen LogP contribution is -2.77. The van der Waals surface area contributed by atoms with Gasteiger partial charge in [-0.1, -0.05) is 12.2 Å². The number of esters is 1. The van der Waals surface area contributed by atoms with E-state index in [2.05, 4.69) is 14.8 Å². The van der Waals surface area contributed by atoms with Crippen molar-refractivity contribution in [2.45, 2.75) is 12.1 Å². The molecule has 7 nitrogen and oxygen atoms in total. The van der Waals surface area contributed by atoms with Crippen molar-refractivity contribution < 1.29 is 23.9 Å². The molecule has 3 atom stereocenters. The smallest absolute Gasteiger partial charge is 0.410 e.